The monoisotopic (exact) mass is 360 g/mol. The lowest BCUT2D eigenvalue weighted by molar-refractivity contribution is -0.386. The van der Waals surface area contributed by atoms with E-state index in [0.29, 0.717) is 24.0 Å². The summed E-state index contributed by atoms with van der Waals surface area (Å²) in [5, 5.41) is 22.3. The van der Waals surface area contributed by atoms with E-state index in [4.69, 9.17) is 9.47 Å². The van der Waals surface area contributed by atoms with Crippen LogP contribution in [-0.2, 0) is 12.8 Å². The molecule has 0 saturated heterocycles. The van der Waals surface area contributed by atoms with Crippen LogP contribution in [0.4, 0.5) is 16.2 Å². The van der Waals surface area contributed by atoms with E-state index in [1.165, 1.54) is 24.3 Å². The number of aryl methyl sites for hydroxylation is 2. The van der Waals surface area contributed by atoms with Gasteiger partial charge in [0.2, 0.25) is 11.5 Å². The molecule has 2 aromatic rings. The highest BCUT2D eigenvalue weighted by atomic mass is 16.7. The third kappa shape index (κ3) is 4.32. The van der Waals surface area contributed by atoms with Crippen LogP contribution in [0.25, 0.3) is 0 Å². The van der Waals surface area contributed by atoms with Gasteiger partial charge in [0.1, 0.15) is 0 Å². The van der Waals surface area contributed by atoms with E-state index in [1.54, 1.807) is 12.1 Å². The van der Waals surface area contributed by atoms with Crippen molar-refractivity contribution < 1.29 is 24.1 Å². The summed E-state index contributed by atoms with van der Waals surface area (Å²) in [6, 6.07) is 8.31. The summed E-state index contributed by atoms with van der Waals surface area (Å²) in [7, 11) is 0. The lowest BCUT2D eigenvalue weighted by Gasteiger charge is -2.08. The zero-order valence-electron chi connectivity index (χ0n) is 14.1. The molecule has 0 N–H and O–H groups in total. The van der Waals surface area contributed by atoms with Gasteiger partial charge in [-0.2, -0.15) is 0 Å². The molecule has 136 valence electrons. The maximum absolute atomic E-state index is 12.0. The molecule has 2 aromatic carbocycles. The fourth-order valence-electron chi connectivity index (χ4n) is 2.22. The zero-order chi connectivity index (χ0) is 19.3. The predicted octanol–water partition coefficient (Wildman–Crippen LogP) is 4.21. The summed E-state index contributed by atoms with van der Waals surface area (Å²) >= 11 is 0. The van der Waals surface area contributed by atoms with E-state index >= 15 is 0 Å². The fourth-order valence-corrected chi connectivity index (χ4v) is 2.22. The Morgan fingerprint density at radius 1 is 0.846 bits per heavy atom. The van der Waals surface area contributed by atoms with Crippen LogP contribution in [0, 0.1) is 20.2 Å². The molecule has 26 heavy (non-hydrogen) atoms. The summed E-state index contributed by atoms with van der Waals surface area (Å²) < 4.78 is 9.75. The average molecular weight is 360 g/mol. The molecule has 0 radical (unpaired) electrons. The molecule has 0 aliphatic carbocycles. The molecule has 0 aliphatic heterocycles. The number of hydrogen-bond donors (Lipinski definition) is 0. The van der Waals surface area contributed by atoms with Crippen LogP contribution in [0.2, 0.25) is 0 Å². The Morgan fingerprint density at radius 2 is 1.23 bits per heavy atom. The molecule has 0 amide bonds. The van der Waals surface area contributed by atoms with Gasteiger partial charge in [0.05, 0.1) is 9.85 Å². The number of ether oxygens (including phenoxy) is 2. The number of nitro benzene ring substituents is 2. The minimum atomic E-state index is -1.30. The molecule has 0 aromatic heterocycles. The highest BCUT2D eigenvalue weighted by molar-refractivity contribution is 5.71. The minimum Gasteiger partial charge on any atom is -0.387 e. The highest BCUT2D eigenvalue weighted by Crippen LogP contribution is 2.31. The second-order valence-corrected chi connectivity index (χ2v) is 5.28. The Bertz CT molecular complexity index is 795. The van der Waals surface area contributed by atoms with Crippen molar-refractivity contribution in [1.29, 1.82) is 0 Å². The fraction of sp³-hybridized carbons (Fsp3) is 0.235. The van der Waals surface area contributed by atoms with Crippen LogP contribution in [0.1, 0.15) is 25.0 Å². The van der Waals surface area contributed by atoms with Gasteiger partial charge in [0, 0.05) is 12.1 Å². The van der Waals surface area contributed by atoms with Gasteiger partial charge >= 0.3 is 17.5 Å². The van der Waals surface area contributed by atoms with E-state index in [2.05, 4.69) is 0 Å². The molecular weight excluding hydrogens is 344 g/mol. The van der Waals surface area contributed by atoms with Crippen molar-refractivity contribution in [2.75, 3.05) is 0 Å². The summed E-state index contributed by atoms with van der Waals surface area (Å²) in [5.41, 5.74) is 0.612. The summed E-state index contributed by atoms with van der Waals surface area (Å²) in [6.45, 7) is 3.65. The first kappa shape index (κ1) is 18.8. The van der Waals surface area contributed by atoms with Crippen LogP contribution >= 0.6 is 0 Å². The predicted molar refractivity (Wildman–Crippen MR) is 91.6 cm³/mol. The van der Waals surface area contributed by atoms with Gasteiger partial charge in [-0.25, -0.2) is 4.79 Å². The topological polar surface area (TPSA) is 122 Å². The third-order valence-electron chi connectivity index (χ3n) is 3.64. The van der Waals surface area contributed by atoms with Crippen LogP contribution < -0.4 is 9.47 Å². The molecular formula is C17H16N2O7. The van der Waals surface area contributed by atoms with Crippen LogP contribution in [-0.4, -0.2) is 16.0 Å². The Labute approximate surface area is 148 Å². The second kappa shape index (κ2) is 8.06. The molecule has 0 saturated carbocycles. The van der Waals surface area contributed by atoms with E-state index in [-0.39, 0.29) is 11.5 Å². The highest BCUT2D eigenvalue weighted by Gasteiger charge is 2.23. The van der Waals surface area contributed by atoms with Gasteiger partial charge in [0.25, 0.3) is 0 Å². The third-order valence-corrected chi connectivity index (χ3v) is 3.64. The van der Waals surface area contributed by atoms with E-state index in [1.807, 2.05) is 13.8 Å². The average Bonchev–Trinajstić information content (AvgIpc) is 2.61. The number of nitro groups is 2. The lowest BCUT2D eigenvalue weighted by atomic mass is 10.1. The van der Waals surface area contributed by atoms with Gasteiger partial charge < -0.3 is 9.47 Å². The van der Waals surface area contributed by atoms with Gasteiger partial charge in [-0.15, -0.1) is 0 Å². The van der Waals surface area contributed by atoms with Crippen molar-refractivity contribution >= 4 is 17.5 Å². The Hall–Kier alpha value is -3.49. The van der Waals surface area contributed by atoms with Crippen molar-refractivity contribution in [3.63, 3.8) is 0 Å². The molecule has 2 rings (SSSR count). The maximum Gasteiger partial charge on any atom is 0.519 e. The van der Waals surface area contributed by atoms with Crippen molar-refractivity contribution in [3.8, 4) is 11.5 Å². The van der Waals surface area contributed by atoms with Crippen molar-refractivity contribution in [2.24, 2.45) is 0 Å². The Morgan fingerprint density at radius 3 is 1.54 bits per heavy atom. The summed E-state index contributed by atoms with van der Waals surface area (Å²) in [6.07, 6.45) is -0.159. The number of rotatable bonds is 6. The molecule has 0 atom stereocenters. The molecule has 0 bridgehead atoms. The molecule has 0 fully saturated rings. The van der Waals surface area contributed by atoms with Gasteiger partial charge in [-0.05, 0) is 36.1 Å². The number of carbonyl (C=O) groups excluding carboxylic acids is 1. The molecule has 0 heterocycles. The summed E-state index contributed by atoms with van der Waals surface area (Å²) in [4.78, 5) is 32.8. The zero-order valence-corrected chi connectivity index (χ0v) is 14.1. The van der Waals surface area contributed by atoms with Crippen LogP contribution in [0.3, 0.4) is 0 Å². The van der Waals surface area contributed by atoms with E-state index in [9.17, 15) is 25.0 Å². The van der Waals surface area contributed by atoms with Crippen molar-refractivity contribution in [1.82, 2.24) is 0 Å². The minimum absolute atomic E-state index is 0.301. The molecule has 0 aliphatic rings. The van der Waals surface area contributed by atoms with Gasteiger partial charge in [-0.3, -0.25) is 20.2 Å². The number of carbonyl (C=O) groups is 1. The molecule has 0 unspecified atom stereocenters. The Balaban J connectivity index is 2.25. The van der Waals surface area contributed by atoms with Crippen LogP contribution in [0.5, 0.6) is 11.5 Å². The maximum atomic E-state index is 12.0. The van der Waals surface area contributed by atoms with E-state index < -0.39 is 27.4 Å². The standard InChI is InChI=1S/C17H16N2O7/c1-3-11-5-7-15(13(9-11)18(21)22)25-17(20)26-16-8-6-12(4-2)10-14(16)19(23)24/h5-10H,3-4H2,1-2H3. The quantitative estimate of drug-likeness (QED) is 0.327. The number of hydrogen-bond acceptors (Lipinski definition) is 7. The normalized spacial score (nSPS) is 10.2. The summed E-state index contributed by atoms with van der Waals surface area (Å²) in [5.74, 6) is -0.602. The number of nitrogens with zero attached hydrogens (tertiary/aromatic N) is 2. The first-order valence-corrected chi connectivity index (χ1v) is 7.80. The first-order chi connectivity index (χ1) is 12.3. The second-order valence-electron chi connectivity index (χ2n) is 5.28. The number of benzene rings is 2. The first-order valence-electron chi connectivity index (χ1n) is 7.80. The van der Waals surface area contributed by atoms with Gasteiger partial charge in [0.15, 0.2) is 0 Å². The lowest BCUT2D eigenvalue weighted by Crippen LogP contribution is -2.15. The smallest absolute Gasteiger partial charge is 0.387 e. The molecule has 9 nitrogen and oxygen atoms in total. The van der Waals surface area contributed by atoms with Gasteiger partial charge in [-0.1, -0.05) is 26.0 Å². The molecule has 0 spiro atoms. The SMILES string of the molecule is CCc1ccc(OC(=O)Oc2ccc(CC)cc2[N+](=O)[O-])c([N+](=O)[O-])c1. The molecule has 9 heteroatoms. The largest absolute Gasteiger partial charge is 0.519 e. The van der Waals surface area contributed by atoms with Crippen molar-refractivity contribution in [3.05, 3.63) is 67.8 Å². The van der Waals surface area contributed by atoms with E-state index in [0.717, 1.165) is 0 Å². The Kier molecular flexibility index (Phi) is 5.84. The van der Waals surface area contributed by atoms with Crippen molar-refractivity contribution in [2.45, 2.75) is 26.7 Å². The van der Waals surface area contributed by atoms with Crippen LogP contribution in [0.15, 0.2) is 36.4 Å².